The van der Waals surface area contributed by atoms with Crippen molar-refractivity contribution in [2.75, 3.05) is 13.1 Å². The summed E-state index contributed by atoms with van der Waals surface area (Å²) in [6.07, 6.45) is 3.61. The van der Waals surface area contributed by atoms with Gasteiger partial charge in [-0.05, 0) is 78.1 Å². The summed E-state index contributed by atoms with van der Waals surface area (Å²) in [6.45, 7) is 1.80. The molecule has 8 rings (SSSR count). The molecule has 3 aromatic carbocycles. The number of hydrogen-bond acceptors (Lipinski definition) is 7. The zero-order valence-corrected chi connectivity index (χ0v) is 23.3. The van der Waals surface area contributed by atoms with E-state index in [-0.39, 0.29) is 36.8 Å². The Morgan fingerprint density at radius 3 is 2.45 bits per heavy atom. The van der Waals surface area contributed by atoms with Crippen LogP contribution >= 0.6 is 0 Å². The van der Waals surface area contributed by atoms with Gasteiger partial charge in [-0.1, -0.05) is 42.5 Å². The Morgan fingerprint density at radius 1 is 1.00 bits per heavy atom. The predicted octanol–water partition coefficient (Wildman–Crippen LogP) is 3.75. The van der Waals surface area contributed by atoms with Crippen LogP contribution in [0.2, 0.25) is 0 Å². The van der Waals surface area contributed by atoms with Crippen LogP contribution in [-0.4, -0.2) is 63.7 Å². The number of hydrogen-bond donors (Lipinski definition) is 2. The number of aliphatic carboxylic acids is 1. The van der Waals surface area contributed by atoms with Crippen molar-refractivity contribution in [3.05, 3.63) is 70.8 Å². The number of ether oxygens (including phenoxy) is 2. The summed E-state index contributed by atoms with van der Waals surface area (Å²) in [7, 11) is 0. The molecule has 1 spiro atoms. The van der Waals surface area contributed by atoms with Crippen molar-refractivity contribution in [2.24, 2.45) is 5.92 Å². The van der Waals surface area contributed by atoms with Gasteiger partial charge >= 0.3 is 11.9 Å². The van der Waals surface area contributed by atoms with Crippen molar-refractivity contribution in [2.45, 2.75) is 74.5 Å². The smallest absolute Gasteiger partial charge is 0.315 e. The number of rotatable bonds is 7. The highest BCUT2D eigenvalue weighted by Crippen LogP contribution is 2.65. The van der Waals surface area contributed by atoms with Gasteiger partial charge in [-0.15, -0.1) is 0 Å². The van der Waals surface area contributed by atoms with Gasteiger partial charge in [0.2, 0.25) is 0 Å². The van der Waals surface area contributed by atoms with Crippen LogP contribution in [-0.2, 0) is 39.1 Å². The Morgan fingerprint density at radius 2 is 1.74 bits per heavy atom. The molecular weight excluding hydrogens is 534 g/mol. The molecule has 0 radical (unpaired) electrons. The molecule has 216 valence electrons. The zero-order chi connectivity index (χ0) is 28.8. The largest absolute Gasteiger partial charge is 0.481 e. The standard InChI is InChI=1S/C34H33NO7/c36-25-11-12-34(40)27-15-22-9-10-26(31-30(22)33(34,32(25)42-31)13-14-35(27)18-19-7-8-19)41-29(39)17-21-4-2-5-23-20(16-28(37)38)3-1-6-24(21)23/h1-6,9-10,19,27,32,40H,7-8,11-18H2,(H,37,38)/t27-,32+,33+,34-/m1/s1. The second kappa shape index (κ2) is 9.12. The van der Waals surface area contributed by atoms with Gasteiger partial charge in [-0.25, -0.2) is 0 Å². The van der Waals surface area contributed by atoms with Gasteiger partial charge in [0.1, 0.15) is 0 Å². The summed E-state index contributed by atoms with van der Waals surface area (Å²) in [5.74, 6) is 0.0191. The summed E-state index contributed by atoms with van der Waals surface area (Å²) >= 11 is 0. The third-order valence-corrected chi connectivity index (χ3v) is 10.5. The Balaban J connectivity index is 1.13. The number of nitrogens with zero attached hydrogens (tertiary/aromatic N) is 1. The van der Waals surface area contributed by atoms with Crippen molar-refractivity contribution >= 4 is 28.5 Å². The molecule has 4 atom stereocenters. The summed E-state index contributed by atoms with van der Waals surface area (Å²) in [5.41, 5.74) is 1.45. The molecule has 0 aromatic heterocycles. The third kappa shape index (κ3) is 3.64. The molecule has 1 saturated heterocycles. The maximum Gasteiger partial charge on any atom is 0.315 e. The molecule has 2 bridgehead atoms. The first-order valence-corrected chi connectivity index (χ1v) is 15.0. The average Bonchev–Trinajstić information content (AvgIpc) is 3.70. The fourth-order valence-corrected chi connectivity index (χ4v) is 8.56. The van der Waals surface area contributed by atoms with E-state index in [2.05, 4.69) is 4.90 Å². The quantitative estimate of drug-likeness (QED) is 0.328. The molecule has 5 aliphatic rings. The lowest BCUT2D eigenvalue weighted by Gasteiger charge is -2.62. The Hall–Kier alpha value is -3.75. The molecule has 2 aliphatic heterocycles. The van der Waals surface area contributed by atoms with E-state index >= 15 is 0 Å². The Bertz CT molecular complexity index is 1680. The molecule has 3 aliphatic carbocycles. The lowest BCUT2D eigenvalue weighted by atomic mass is 9.49. The number of piperidine rings is 1. The number of carbonyl (C=O) groups excluding carboxylic acids is 2. The second-order valence-electron chi connectivity index (χ2n) is 12.8. The van der Waals surface area contributed by atoms with E-state index < -0.39 is 29.1 Å². The van der Waals surface area contributed by atoms with Crippen LogP contribution < -0.4 is 9.47 Å². The van der Waals surface area contributed by atoms with Crippen LogP contribution in [0.3, 0.4) is 0 Å². The summed E-state index contributed by atoms with van der Waals surface area (Å²) in [6, 6.07) is 14.7. The number of ketones is 1. The van der Waals surface area contributed by atoms with Crippen LogP contribution in [0.15, 0.2) is 48.5 Å². The van der Waals surface area contributed by atoms with Gasteiger partial charge in [-0.3, -0.25) is 19.3 Å². The maximum atomic E-state index is 13.4. The van der Waals surface area contributed by atoms with Crippen molar-refractivity contribution in [3.8, 4) is 11.5 Å². The molecule has 2 heterocycles. The highest BCUT2D eigenvalue weighted by atomic mass is 16.6. The van der Waals surface area contributed by atoms with Crippen LogP contribution in [0.1, 0.15) is 54.4 Å². The number of carboxylic acids is 1. The molecular formula is C34H33NO7. The first-order valence-electron chi connectivity index (χ1n) is 15.0. The lowest BCUT2D eigenvalue weighted by molar-refractivity contribution is -0.188. The molecule has 2 saturated carbocycles. The van der Waals surface area contributed by atoms with E-state index in [1.54, 1.807) is 18.2 Å². The normalized spacial score (nSPS) is 29.2. The minimum Gasteiger partial charge on any atom is -0.481 e. The average molecular weight is 568 g/mol. The zero-order valence-electron chi connectivity index (χ0n) is 23.3. The number of aliphatic hydroxyl groups is 1. The van der Waals surface area contributed by atoms with Crippen molar-refractivity contribution in [1.29, 1.82) is 0 Å². The number of carboxylic acid groups (broad SMARTS) is 1. The topological polar surface area (TPSA) is 113 Å². The molecule has 0 amide bonds. The Labute approximate surface area is 243 Å². The summed E-state index contributed by atoms with van der Waals surface area (Å²) < 4.78 is 12.4. The minimum atomic E-state index is -1.07. The third-order valence-electron chi connectivity index (χ3n) is 10.5. The van der Waals surface area contributed by atoms with Crippen molar-refractivity contribution < 1.29 is 34.1 Å². The van der Waals surface area contributed by atoms with Crippen molar-refractivity contribution in [3.63, 3.8) is 0 Å². The molecule has 3 aromatic rings. The number of fused-ring (bicyclic) bond motifs is 1. The fraction of sp³-hybridized carbons (Fsp3) is 0.441. The highest BCUT2D eigenvalue weighted by Gasteiger charge is 2.73. The highest BCUT2D eigenvalue weighted by molar-refractivity contribution is 5.94. The van der Waals surface area contributed by atoms with Gasteiger partial charge < -0.3 is 19.7 Å². The lowest BCUT2D eigenvalue weighted by Crippen LogP contribution is -2.76. The molecule has 42 heavy (non-hydrogen) atoms. The van der Waals surface area contributed by atoms with Gasteiger partial charge in [0, 0.05) is 24.6 Å². The van der Waals surface area contributed by atoms with Gasteiger partial charge in [0.15, 0.2) is 23.4 Å². The summed E-state index contributed by atoms with van der Waals surface area (Å²) in [5, 5.41) is 23.4. The number of Topliss-reactive ketones (excluding diaryl/α,β-unsaturated/α-hetero) is 1. The number of esters is 1. The van der Waals surface area contributed by atoms with Crippen LogP contribution in [0.25, 0.3) is 10.8 Å². The summed E-state index contributed by atoms with van der Waals surface area (Å²) in [4.78, 5) is 40.5. The second-order valence-corrected chi connectivity index (χ2v) is 12.8. The number of likely N-dealkylation sites (tertiary alicyclic amines) is 1. The van der Waals surface area contributed by atoms with E-state index in [0.29, 0.717) is 36.5 Å². The molecule has 8 nitrogen and oxygen atoms in total. The van der Waals surface area contributed by atoms with Crippen LogP contribution in [0, 0.1) is 5.92 Å². The first kappa shape index (κ1) is 25.9. The first-order chi connectivity index (χ1) is 20.3. The monoisotopic (exact) mass is 567 g/mol. The molecule has 8 heteroatoms. The van der Waals surface area contributed by atoms with Gasteiger partial charge in [-0.2, -0.15) is 0 Å². The SMILES string of the molecule is O=C(O)Cc1cccc2c(CC(=O)Oc3ccc4c5c3O[C@H]3C(=O)CC[C@@]6(O)[C@@H](C4)N(CC4CC4)CC[C@]536)cccc12. The molecule has 2 N–H and O–H groups in total. The number of benzene rings is 3. The predicted molar refractivity (Wildman–Crippen MR) is 153 cm³/mol. The fourth-order valence-electron chi connectivity index (χ4n) is 8.56. The van der Waals surface area contributed by atoms with E-state index in [1.807, 2.05) is 30.3 Å². The molecule has 3 fully saturated rings. The van der Waals surface area contributed by atoms with Crippen molar-refractivity contribution in [1.82, 2.24) is 4.90 Å². The number of carbonyl (C=O) groups is 3. The van der Waals surface area contributed by atoms with E-state index in [9.17, 15) is 24.6 Å². The van der Waals surface area contributed by atoms with E-state index in [1.165, 1.54) is 12.8 Å². The van der Waals surface area contributed by atoms with E-state index in [4.69, 9.17) is 9.47 Å². The molecule has 0 unspecified atom stereocenters. The van der Waals surface area contributed by atoms with Crippen LogP contribution in [0.4, 0.5) is 0 Å². The minimum absolute atomic E-state index is 0.00307. The van der Waals surface area contributed by atoms with Crippen LogP contribution in [0.5, 0.6) is 11.5 Å². The van der Waals surface area contributed by atoms with E-state index in [0.717, 1.165) is 40.6 Å². The Kier molecular flexibility index (Phi) is 5.63. The van der Waals surface area contributed by atoms with Gasteiger partial charge in [0.25, 0.3) is 0 Å². The van der Waals surface area contributed by atoms with Gasteiger partial charge in [0.05, 0.1) is 23.9 Å². The maximum absolute atomic E-state index is 13.4.